The molecule has 0 aliphatic rings. The number of rotatable bonds is 4. The number of hydrogen-bond acceptors (Lipinski definition) is 3. The van der Waals surface area contributed by atoms with E-state index in [1.54, 1.807) is 6.20 Å². The number of hydrogen-bond donors (Lipinski definition) is 2. The van der Waals surface area contributed by atoms with Crippen LogP contribution in [-0.2, 0) is 6.54 Å². The molecular formula is C12H16N4. The van der Waals surface area contributed by atoms with E-state index in [0.717, 1.165) is 23.5 Å². The first-order valence-electron chi connectivity index (χ1n) is 5.44. The number of aromatic amines is 1. The van der Waals surface area contributed by atoms with Crippen molar-refractivity contribution in [1.82, 2.24) is 20.5 Å². The third-order valence-electron chi connectivity index (χ3n) is 2.34. The van der Waals surface area contributed by atoms with Gasteiger partial charge in [-0.1, -0.05) is 19.9 Å². The van der Waals surface area contributed by atoms with Crippen LogP contribution >= 0.6 is 0 Å². The molecule has 0 fully saturated rings. The molecular weight excluding hydrogens is 200 g/mol. The minimum absolute atomic E-state index is 0.464. The average Bonchev–Trinajstić information content (AvgIpc) is 2.75. The molecule has 0 aliphatic carbocycles. The van der Waals surface area contributed by atoms with Gasteiger partial charge in [-0.15, -0.1) is 0 Å². The third-order valence-corrected chi connectivity index (χ3v) is 2.34. The second-order valence-electron chi connectivity index (χ2n) is 4.02. The van der Waals surface area contributed by atoms with Gasteiger partial charge in [0.25, 0.3) is 0 Å². The lowest BCUT2D eigenvalue weighted by atomic mass is 10.2. The molecule has 16 heavy (non-hydrogen) atoms. The molecule has 0 bridgehead atoms. The molecule has 0 unspecified atom stereocenters. The van der Waals surface area contributed by atoms with Gasteiger partial charge in [-0.05, 0) is 12.1 Å². The number of nitrogens with one attached hydrogen (secondary N) is 2. The van der Waals surface area contributed by atoms with Crippen LogP contribution in [0.3, 0.4) is 0 Å². The van der Waals surface area contributed by atoms with E-state index in [2.05, 4.69) is 34.3 Å². The van der Waals surface area contributed by atoms with Crippen molar-refractivity contribution in [2.24, 2.45) is 0 Å². The van der Waals surface area contributed by atoms with E-state index in [1.165, 1.54) is 0 Å². The fourth-order valence-corrected chi connectivity index (χ4v) is 1.49. The maximum atomic E-state index is 4.31. The lowest BCUT2D eigenvalue weighted by molar-refractivity contribution is 0.589. The van der Waals surface area contributed by atoms with E-state index in [-0.39, 0.29) is 0 Å². The minimum atomic E-state index is 0.464. The van der Waals surface area contributed by atoms with E-state index in [4.69, 9.17) is 0 Å². The minimum Gasteiger partial charge on any atom is -0.310 e. The van der Waals surface area contributed by atoms with Crippen LogP contribution in [0.25, 0.3) is 11.4 Å². The first-order chi connectivity index (χ1) is 7.77. The first kappa shape index (κ1) is 10.8. The number of H-pyrrole nitrogens is 1. The summed E-state index contributed by atoms with van der Waals surface area (Å²) in [5.41, 5.74) is 3.07. The van der Waals surface area contributed by atoms with Crippen molar-refractivity contribution in [3.63, 3.8) is 0 Å². The summed E-state index contributed by atoms with van der Waals surface area (Å²) < 4.78 is 0. The third kappa shape index (κ3) is 2.46. The Morgan fingerprint density at radius 2 is 2.25 bits per heavy atom. The van der Waals surface area contributed by atoms with Crippen LogP contribution in [0.1, 0.15) is 19.4 Å². The Kier molecular flexibility index (Phi) is 3.31. The number of nitrogens with zero attached hydrogens (tertiary/aromatic N) is 2. The van der Waals surface area contributed by atoms with Gasteiger partial charge >= 0.3 is 0 Å². The molecule has 0 aromatic carbocycles. The zero-order valence-electron chi connectivity index (χ0n) is 9.57. The van der Waals surface area contributed by atoms with Gasteiger partial charge in [0.15, 0.2) is 0 Å². The summed E-state index contributed by atoms with van der Waals surface area (Å²) in [4.78, 5) is 4.31. The van der Waals surface area contributed by atoms with Gasteiger partial charge in [0, 0.05) is 24.3 Å². The molecule has 4 heteroatoms. The first-order valence-corrected chi connectivity index (χ1v) is 5.44. The number of pyridine rings is 1. The van der Waals surface area contributed by atoms with Crippen molar-refractivity contribution in [2.75, 3.05) is 0 Å². The lowest BCUT2D eigenvalue weighted by Crippen LogP contribution is -2.21. The fourth-order valence-electron chi connectivity index (χ4n) is 1.49. The van der Waals surface area contributed by atoms with Gasteiger partial charge < -0.3 is 5.32 Å². The number of aromatic nitrogens is 3. The summed E-state index contributed by atoms with van der Waals surface area (Å²) in [6.07, 6.45) is 3.63. The summed E-state index contributed by atoms with van der Waals surface area (Å²) in [6, 6.07) is 6.33. The highest BCUT2D eigenvalue weighted by molar-refractivity contribution is 5.57. The lowest BCUT2D eigenvalue weighted by Gasteiger charge is -2.07. The molecule has 0 saturated heterocycles. The van der Waals surface area contributed by atoms with E-state index < -0.39 is 0 Å². The monoisotopic (exact) mass is 216 g/mol. The van der Waals surface area contributed by atoms with E-state index >= 15 is 0 Å². The van der Waals surface area contributed by atoms with Crippen LogP contribution in [-0.4, -0.2) is 21.2 Å². The van der Waals surface area contributed by atoms with Gasteiger partial charge in [0.2, 0.25) is 0 Å². The van der Waals surface area contributed by atoms with Crippen LogP contribution in [0.2, 0.25) is 0 Å². The molecule has 0 atom stereocenters. The Hall–Kier alpha value is -1.68. The molecule has 84 valence electrons. The quantitative estimate of drug-likeness (QED) is 0.821. The SMILES string of the molecule is CC(C)NCc1cn[nH]c1-c1ccccn1. The molecule has 0 spiro atoms. The van der Waals surface area contributed by atoms with Gasteiger partial charge in [-0.2, -0.15) is 5.10 Å². The Bertz CT molecular complexity index is 433. The molecule has 0 amide bonds. The highest BCUT2D eigenvalue weighted by atomic mass is 15.1. The van der Waals surface area contributed by atoms with E-state index in [0.29, 0.717) is 6.04 Å². The molecule has 4 nitrogen and oxygen atoms in total. The predicted molar refractivity (Wildman–Crippen MR) is 63.8 cm³/mol. The van der Waals surface area contributed by atoms with Crippen LogP contribution in [0.4, 0.5) is 0 Å². The van der Waals surface area contributed by atoms with Gasteiger partial charge in [0.05, 0.1) is 17.6 Å². The van der Waals surface area contributed by atoms with Gasteiger partial charge in [0.1, 0.15) is 0 Å². The van der Waals surface area contributed by atoms with Crippen molar-refractivity contribution in [1.29, 1.82) is 0 Å². The Morgan fingerprint density at radius 1 is 1.38 bits per heavy atom. The normalized spacial score (nSPS) is 10.9. The maximum absolute atomic E-state index is 4.31. The van der Waals surface area contributed by atoms with Crippen molar-refractivity contribution in [2.45, 2.75) is 26.4 Å². The Labute approximate surface area is 95.1 Å². The van der Waals surface area contributed by atoms with Crippen LogP contribution in [0.5, 0.6) is 0 Å². The van der Waals surface area contributed by atoms with Crippen LogP contribution < -0.4 is 5.32 Å². The topological polar surface area (TPSA) is 53.6 Å². The average molecular weight is 216 g/mol. The molecule has 2 aromatic rings. The zero-order chi connectivity index (χ0) is 11.4. The van der Waals surface area contributed by atoms with Crippen molar-refractivity contribution in [3.8, 4) is 11.4 Å². The molecule has 0 aliphatic heterocycles. The van der Waals surface area contributed by atoms with Gasteiger partial charge in [-0.3, -0.25) is 10.1 Å². The highest BCUT2D eigenvalue weighted by Gasteiger charge is 2.08. The largest absolute Gasteiger partial charge is 0.310 e. The van der Waals surface area contributed by atoms with Crippen LogP contribution in [0.15, 0.2) is 30.6 Å². The molecule has 0 radical (unpaired) electrons. The molecule has 0 saturated carbocycles. The van der Waals surface area contributed by atoms with E-state index in [9.17, 15) is 0 Å². The molecule has 2 rings (SSSR count). The Morgan fingerprint density at radius 3 is 2.94 bits per heavy atom. The fraction of sp³-hybridized carbons (Fsp3) is 0.333. The van der Waals surface area contributed by atoms with Gasteiger partial charge in [-0.25, -0.2) is 0 Å². The highest BCUT2D eigenvalue weighted by Crippen LogP contribution is 2.17. The van der Waals surface area contributed by atoms with E-state index in [1.807, 2.05) is 24.4 Å². The second kappa shape index (κ2) is 4.90. The van der Waals surface area contributed by atoms with Crippen molar-refractivity contribution in [3.05, 3.63) is 36.2 Å². The summed E-state index contributed by atoms with van der Waals surface area (Å²) in [5, 5.41) is 10.4. The second-order valence-corrected chi connectivity index (χ2v) is 4.02. The zero-order valence-corrected chi connectivity index (χ0v) is 9.57. The van der Waals surface area contributed by atoms with Crippen molar-refractivity contribution >= 4 is 0 Å². The standard InChI is InChI=1S/C12H16N4/c1-9(2)14-7-10-8-15-16-12(10)11-5-3-4-6-13-11/h3-6,8-9,14H,7H2,1-2H3,(H,15,16). The molecule has 2 aromatic heterocycles. The van der Waals surface area contributed by atoms with Crippen LogP contribution in [0, 0.1) is 0 Å². The summed E-state index contributed by atoms with van der Waals surface area (Å²) in [7, 11) is 0. The Balaban J connectivity index is 2.19. The predicted octanol–water partition coefficient (Wildman–Crippen LogP) is 1.97. The smallest absolute Gasteiger partial charge is 0.0883 e. The molecule has 2 heterocycles. The summed E-state index contributed by atoms with van der Waals surface area (Å²) in [5.74, 6) is 0. The summed E-state index contributed by atoms with van der Waals surface area (Å²) >= 11 is 0. The maximum Gasteiger partial charge on any atom is 0.0883 e. The molecule has 2 N–H and O–H groups in total. The summed E-state index contributed by atoms with van der Waals surface area (Å²) in [6.45, 7) is 5.06. The van der Waals surface area contributed by atoms with Crippen molar-refractivity contribution < 1.29 is 0 Å².